The SMILES string of the molecule is CN=C(NCCc1cc(F)ccc1F)NCc1ccnc2ccccc12. The number of benzene rings is 2. The molecule has 3 aromatic rings. The maximum absolute atomic E-state index is 13.6. The molecule has 0 bridgehead atoms. The van der Waals surface area contributed by atoms with Crippen LogP contribution >= 0.6 is 0 Å². The first-order valence-corrected chi connectivity index (χ1v) is 8.38. The molecular weight excluding hydrogens is 334 g/mol. The van der Waals surface area contributed by atoms with Crippen molar-refractivity contribution in [3.8, 4) is 0 Å². The lowest BCUT2D eigenvalue weighted by atomic mass is 10.1. The molecule has 0 spiro atoms. The molecule has 4 nitrogen and oxygen atoms in total. The molecule has 0 amide bonds. The number of nitrogens with one attached hydrogen (secondary N) is 2. The number of aliphatic imine (C=N–C) groups is 1. The third kappa shape index (κ3) is 4.33. The number of hydrogen-bond acceptors (Lipinski definition) is 2. The number of halogens is 2. The minimum atomic E-state index is -0.437. The molecule has 1 heterocycles. The van der Waals surface area contributed by atoms with Crippen molar-refractivity contribution in [2.75, 3.05) is 13.6 Å². The average molecular weight is 354 g/mol. The van der Waals surface area contributed by atoms with E-state index in [9.17, 15) is 8.78 Å². The van der Waals surface area contributed by atoms with E-state index in [-0.39, 0.29) is 0 Å². The second-order valence-corrected chi connectivity index (χ2v) is 5.83. The highest BCUT2D eigenvalue weighted by atomic mass is 19.1. The Bertz CT molecular complexity index is 919. The molecule has 1 aromatic heterocycles. The summed E-state index contributed by atoms with van der Waals surface area (Å²) in [6, 6.07) is 13.4. The molecule has 2 N–H and O–H groups in total. The third-order valence-electron chi connectivity index (χ3n) is 4.10. The van der Waals surface area contributed by atoms with Gasteiger partial charge in [0.05, 0.1) is 5.52 Å². The normalized spacial score (nSPS) is 11.6. The second-order valence-electron chi connectivity index (χ2n) is 5.83. The van der Waals surface area contributed by atoms with E-state index in [2.05, 4.69) is 20.6 Å². The predicted octanol–water partition coefficient (Wildman–Crippen LogP) is 3.42. The minimum Gasteiger partial charge on any atom is -0.356 e. The lowest BCUT2D eigenvalue weighted by Gasteiger charge is -2.13. The highest BCUT2D eigenvalue weighted by Crippen LogP contribution is 2.15. The van der Waals surface area contributed by atoms with Crippen LogP contribution < -0.4 is 10.6 Å². The van der Waals surface area contributed by atoms with Crippen molar-refractivity contribution in [3.63, 3.8) is 0 Å². The van der Waals surface area contributed by atoms with E-state index in [0.717, 1.165) is 28.6 Å². The maximum Gasteiger partial charge on any atom is 0.191 e. The quantitative estimate of drug-likeness (QED) is 0.545. The van der Waals surface area contributed by atoms with E-state index < -0.39 is 11.6 Å². The van der Waals surface area contributed by atoms with E-state index in [1.807, 2.05) is 30.3 Å². The van der Waals surface area contributed by atoms with Gasteiger partial charge in [0.2, 0.25) is 0 Å². The van der Waals surface area contributed by atoms with Crippen LogP contribution in [0.4, 0.5) is 8.78 Å². The Morgan fingerprint density at radius 1 is 1.04 bits per heavy atom. The van der Waals surface area contributed by atoms with Crippen LogP contribution in [0.5, 0.6) is 0 Å². The van der Waals surface area contributed by atoms with Crippen LogP contribution in [-0.2, 0) is 13.0 Å². The van der Waals surface area contributed by atoms with E-state index in [0.29, 0.717) is 31.0 Å². The maximum atomic E-state index is 13.6. The summed E-state index contributed by atoms with van der Waals surface area (Å²) in [5.74, 6) is -0.240. The molecule has 0 aliphatic rings. The van der Waals surface area contributed by atoms with Gasteiger partial charge in [0.15, 0.2) is 5.96 Å². The number of fused-ring (bicyclic) bond motifs is 1. The zero-order valence-corrected chi connectivity index (χ0v) is 14.5. The molecule has 6 heteroatoms. The van der Waals surface area contributed by atoms with Crippen molar-refractivity contribution in [2.24, 2.45) is 4.99 Å². The van der Waals surface area contributed by atoms with Gasteiger partial charge < -0.3 is 10.6 Å². The summed E-state index contributed by atoms with van der Waals surface area (Å²) in [7, 11) is 1.67. The summed E-state index contributed by atoms with van der Waals surface area (Å²) in [4.78, 5) is 8.51. The zero-order chi connectivity index (χ0) is 18.4. The molecule has 0 aliphatic heterocycles. The standard InChI is InChI=1S/C20H20F2N4/c1-23-20(25-11-8-14-12-16(21)6-7-18(14)22)26-13-15-9-10-24-19-5-3-2-4-17(15)19/h2-7,9-10,12H,8,11,13H2,1H3,(H2,23,25,26). The van der Waals surface area contributed by atoms with Gasteiger partial charge in [-0.05, 0) is 47.9 Å². The molecule has 0 atom stereocenters. The number of para-hydroxylation sites is 1. The lowest BCUT2D eigenvalue weighted by Crippen LogP contribution is -2.38. The summed E-state index contributed by atoms with van der Waals surface area (Å²) in [5.41, 5.74) is 2.39. The van der Waals surface area contributed by atoms with Gasteiger partial charge in [-0.2, -0.15) is 0 Å². The molecule has 26 heavy (non-hydrogen) atoms. The predicted molar refractivity (Wildman–Crippen MR) is 100 cm³/mol. The van der Waals surface area contributed by atoms with Crippen LogP contribution in [0.15, 0.2) is 59.7 Å². The Hall–Kier alpha value is -3.02. The number of guanidine groups is 1. The van der Waals surface area contributed by atoms with Gasteiger partial charge in [0, 0.05) is 31.7 Å². The van der Waals surface area contributed by atoms with Crippen LogP contribution in [0, 0.1) is 11.6 Å². The fourth-order valence-corrected chi connectivity index (χ4v) is 2.76. The first-order chi connectivity index (χ1) is 12.7. The number of rotatable bonds is 5. The van der Waals surface area contributed by atoms with Gasteiger partial charge in [-0.15, -0.1) is 0 Å². The smallest absolute Gasteiger partial charge is 0.191 e. The van der Waals surface area contributed by atoms with E-state index in [1.54, 1.807) is 13.2 Å². The molecule has 134 valence electrons. The molecule has 0 fully saturated rings. The Morgan fingerprint density at radius 3 is 2.73 bits per heavy atom. The first kappa shape index (κ1) is 17.8. The summed E-state index contributed by atoms with van der Waals surface area (Å²) < 4.78 is 26.9. The van der Waals surface area contributed by atoms with Crippen LogP contribution in [0.2, 0.25) is 0 Å². The van der Waals surface area contributed by atoms with Crippen molar-refractivity contribution in [3.05, 3.63) is 77.5 Å². The second kappa shape index (κ2) is 8.38. The number of nitrogens with zero attached hydrogens (tertiary/aromatic N) is 2. The molecular formula is C20H20F2N4. The number of hydrogen-bond donors (Lipinski definition) is 2. The molecule has 0 unspecified atom stereocenters. The molecule has 0 saturated carbocycles. The first-order valence-electron chi connectivity index (χ1n) is 8.38. The highest BCUT2D eigenvalue weighted by Gasteiger charge is 2.06. The van der Waals surface area contributed by atoms with Gasteiger partial charge in [-0.1, -0.05) is 18.2 Å². The van der Waals surface area contributed by atoms with Crippen molar-refractivity contribution < 1.29 is 8.78 Å². The monoisotopic (exact) mass is 354 g/mol. The Balaban J connectivity index is 1.57. The summed E-state index contributed by atoms with van der Waals surface area (Å²) >= 11 is 0. The molecule has 0 saturated heterocycles. The van der Waals surface area contributed by atoms with Gasteiger partial charge >= 0.3 is 0 Å². The van der Waals surface area contributed by atoms with E-state index in [4.69, 9.17) is 0 Å². The summed E-state index contributed by atoms with van der Waals surface area (Å²) in [6.07, 6.45) is 2.14. The molecule has 0 aliphatic carbocycles. The Morgan fingerprint density at radius 2 is 1.88 bits per heavy atom. The van der Waals surface area contributed by atoms with Crippen molar-refractivity contribution in [1.29, 1.82) is 0 Å². The molecule has 0 radical (unpaired) electrons. The summed E-state index contributed by atoms with van der Waals surface area (Å²) in [6.45, 7) is 1.02. The van der Waals surface area contributed by atoms with E-state index in [1.165, 1.54) is 6.07 Å². The topological polar surface area (TPSA) is 49.3 Å². The molecule has 3 rings (SSSR count). The Labute approximate surface area is 151 Å². The fraction of sp³-hybridized carbons (Fsp3) is 0.200. The van der Waals surface area contributed by atoms with Crippen molar-refractivity contribution in [2.45, 2.75) is 13.0 Å². The van der Waals surface area contributed by atoms with E-state index >= 15 is 0 Å². The van der Waals surface area contributed by atoms with Crippen LogP contribution in [0.25, 0.3) is 10.9 Å². The largest absolute Gasteiger partial charge is 0.356 e. The van der Waals surface area contributed by atoms with Crippen molar-refractivity contribution in [1.82, 2.24) is 15.6 Å². The third-order valence-corrected chi connectivity index (χ3v) is 4.10. The van der Waals surface area contributed by atoms with Crippen LogP contribution in [-0.4, -0.2) is 24.5 Å². The highest BCUT2D eigenvalue weighted by molar-refractivity contribution is 5.83. The van der Waals surface area contributed by atoms with Crippen molar-refractivity contribution >= 4 is 16.9 Å². The lowest BCUT2D eigenvalue weighted by molar-refractivity contribution is 0.583. The van der Waals surface area contributed by atoms with Crippen LogP contribution in [0.3, 0.4) is 0 Å². The van der Waals surface area contributed by atoms with Gasteiger partial charge in [0.1, 0.15) is 11.6 Å². The van der Waals surface area contributed by atoms with Crippen LogP contribution in [0.1, 0.15) is 11.1 Å². The number of aromatic nitrogens is 1. The number of pyridine rings is 1. The Kier molecular flexibility index (Phi) is 5.73. The zero-order valence-electron chi connectivity index (χ0n) is 14.5. The minimum absolute atomic E-state index is 0.341. The molecule has 2 aromatic carbocycles. The van der Waals surface area contributed by atoms with Gasteiger partial charge in [-0.25, -0.2) is 8.78 Å². The fourth-order valence-electron chi connectivity index (χ4n) is 2.76. The average Bonchev–Trinajstić information content (AvgIpc) is 2.67. The summed E-state index contributed by atoms with van der Waals surface area (Å²) in [5, 5.41) is 7.43. The van der Waals surface area contributed by atoms with Gasteiger partial charge in [0.25, 0.3) is 0 Å². The van der Waals surface area contributed by atoms with Gasteiger partial charge in [-0.3, -0.25) is 9.98 Å².